The predicted molar refractivity (Wildman–Crippen MR) is 251 cm³/mol. The fourth-order valence-corrected chi connectivity index (χ4v) is 14.7. The van der Waals surface area contributed by atoms with Gasteiger partial charge >= 0.3 is 17.9 Å². The minimum absolute atomic E-state index is 0.122. The molecule has 1 aromatic heterocycles. The fourth-order valence-electron chi connectivity index (χ4n) is 14.7. The number of carbonyl (C=O) groups is 3. The number of ether oxygens (including phenoxy) is 5. The molecule has 0 amide bonds. The number of anilines is 1. The number of esters is 3. The van der Waals surface area contributed by atoms with Crippen molar-refractivity contribution in [3.05, 3.63) is 106 Å². The Kier molecular flexibility index (Phi) is 9.94. The van der Waals surface area contributed by atoms with E-state index in [1.54, 1.807) is 7.11 Å². The quantitative estimate of drug-likeness (QED) is 0.0766. The molecule has 4 aromatic rings. The van der Waals surface area contributed by atoms with Crippen LogP contribution in [-0.4, -0.2) is 128 Å². The molecular weight excluding hydrogens is 849 g/mol. The standard InChI is InChI=1S/C54H60N4O9/c1-8-49(62)29-36-30-51(47(60)64-6,44-37(20-24-57(31-36)32-49)38-26-35(18-19-41(38)55-44)17-16-34-14-11-10-12-15-34)40-27-39-42(28-43(40)63-5)56(4)54-52(39)22-25-58-23-13-21-50(9-2,45(52)58)46(66-33(3)59)53(54,67-54)48(61)65-7/h10-15,18-19,21,26-28,36,45-46,55,62H,8-9,20,22-25,29-32H2,1-7H3/t36-,45+,46-,49+,50-,51+,52-,53+,54+/m1/s1. The average molecular weight is 909 g/mol. The molecule has 4 fully saturated rings. The summed E-state index contributed by atoms with van der Waals surface area (Å²) >= 11 is 0. The van der Waals surface area contributed by atoms with E-state index in [-0.39, 0.29) is 12.0 Å². The third-order valence-corrected chi connectivity index (χ3v) is 17.2. The van der Waals surface area contributed by atoms with Crippen LogP contribution in [0.25, 0.3) is 10.9 Å². The molecule has 350 valence electrons. The molecule has 2 spiro atoms. The van der Waals surface area contributed by atoms with Crippen molar-refractivity contribution in [2.24, 2.45) is 11.3 Å². The second-order valence-corrected chi connectivity index (χ2v) is 20.2. The minimum atomic E-state index is -1.68. The van der Waals surface area contributed by atoms with Crippen molar-refractivity contribution in [1.29, 1.82) is 0 Å². The molecule has 1 unspecified atom stereocenters. The summed E-state index contributed by atoms with van der Waals surface area (Å²) in [5.74, 6) is 5.50. The Hall–Kier alpha value is -5.65. The number of methoxy groups -OCH3 is 3. The number of nitrogens with one attached hydrogen (secondary N) is 1. The van der Waals surface area contributed by atoms with Gasteiger partial charge in [-0.1, -0.05) is 56.0 Å². The van der Waals surface area contributed by atoms with Gasteiger partial charge in [0.25, 0.3) is 5.60 Å². The van der Waals surface area contributed by atoms with Gasteiger partial charge in [-0.25, -0.2) is 4.79 Å². The zero-order chi connectivity index (χ0) is 46.9. The molecule has 10 atom stereocenters. The number of carbonyl (C=O) groups excluding carboxylic acids is 3. The molecule has 3 aromatic carbocycles. The Bertz CT molecular complexity index is 2830. The van der Waals surface area contributed by atoms with Gasteiger partial charge in [-0.05, 0) is 98.5 Å². The van der Waals surface area contributed by atoms with Crippen LogP contribution in [0.4, 0.5) is 5.69 Å². The molecule has 67 heavy (non-hydrogen) atoms. The van der Waals surface area contributed by atoms with Crippen molar-refractivity contribution >= 4 is 34.5 Å². The molecule has 2 bridgehead atoms. The van der Waals surface area contributed by atoms with E-state index < -0.39 is 57.2 Å². The SMILES string of the molecule is CC[C@]1(O)C[C@H]2CN(CCc3c([nH]c4ccc(C#Cc5ccccc5)cc34)[C@@](C(=O)OC)(c3cc4c(cc3OC)N(C)[C@@]35O[C@]3(C(=O)OC)[C@H](OC(C)=O)[C@]3(CC)C=CCN6CC[C@]45[C@@H]63)C2)C1. The second kappa shape index (κ2) is 15.2. The van der Waals surface area contributed by atoms with Gasteiger partial charge < -0.3 is 38.7 Å². The third-order valence-electron chi connectivity index (χ3n) is 17.2. The number of benzene rings is 3. The highest BCUT2D eigenvalue weighted by molar-refractivity contribution is 5.96. The summed E-state index contributed by atoms with van der Waals surface area (Å²) in [5, 5.41) is 13.1. The highest BCUT2D eigenvalue weighted by Crippen LogP contribution is 2.80. The van der Waals surface area contributed by atoms with Crippen LogP contribution in [0.1, 0.15) is 86.4 Å². The number of piperidine rings is 1. The van der Waals surface area contributed by atoms with Crippen LogP contribution in [0.3, 0.4) is 0 Å². The minimum Gasteiger partial charge on any atom is -0.496 e. The van der Waals surface area contributed by atoms with E-state index in [0.717, 1.165) is 44.5 Å². The lowest BCUT2D eigenvalue weighted by Crippen LogP contribution is -2.75. The Balaban J connectivity index is 1.19. The van der Waals surface area contributed by atoms with Crippen LogP contribution < -0.4 is 9.64 Å². The van der Waals surface area contributed by atoms with Crippen molar-refractivity contribution in [3.8, 4) is 17.6 Å². The third kappa shape index (κ3) is 5.61. The lowest BCUT2D eigenvalue weighted by atomic mass is 9.49. The van der Waals surface area contributed by atoms with Crippen LogP contribution in [0.2, 0.25) is 0 Å². The fraction of sp³-hybridized carbons (Fsp3) is 0.500. The molecular formula is C54H60N4O9. The van der Waals surface area contributed by atoms with E-state index in [1.807, 2.05) is 67.4 Å². The molecule has 7 aliphatic rings. The Morgan fingerprint density at radius 2 is 1.70 bits per heavy atom. The summed E-state index contributed by atoms with van der Waals surface area (Å²) in [6, 6.07) is 20.0. The van der Waals surface area contributed by atoms with Gasteiger partial charge in [0.2, 0.25) is 0 Å². The number of rotatable bonds is 7. The second-order valence-electron chi connectivity index (χ2n) is 20.2. The molecule has 13 heteroatoms. The van der Waals surface area contributed by atoms with Gasteiger partial charge in [0.15, 0.2) is 11.8 Å². The zero-order valence-electron chi connectivity index (χ0n) is 39.5. The van der Waals surface area contributed by atoms with Crippen molar-refractivity contribution in [3.63, 3.8) is 0 Å². The van der Waals surface area contributed by atoms with Crippen LogP contribution in [0.15, 0.2) is 72.8 Å². The summed E-state index contributed by atoms with van der Waals surface area (Å²) in [7, 11) is 6.37. The van der Waals surface area contributed by atoms with Crippen LogP contribution >= 0.6 is 0 Å². The van der Waals surface area contributed by atoms with Gasteiger partial charge in [-0.3, -0.25) is 19.4 Å². The molecule has 11 rings (SSSR count). The van der Waals surface area contributed by atoms with E-state index in [4.69, 9.17) is 23.7 Å². The first-order chi connectivity index (χ1) is 32.3. The number of epoxide rings is 1. The van der Waals surface area contributed by atoms with E-state index in [0.29, 0.717) is 82.6 Å². The Morgan fingerprint density at radius 3 is 2.42 bits per heavy atom. The number of nitrogens with zero attached hydrogens (tertiary/aromatic N) is 3. The van der Waals surface area contributed by atoms with Crippen molar-refractivity contribution in [1.82, 2.24) is 14.8 Å². The number of aliphatic hydroxyl groups is 1. The maximum Gasteiger partial charge on any atom is 0.347 e. The maximum absolute atomic E-state index is 15.7. The topological polar surface area (TPSA) is 146 Å². The van der Waals surface area contributed by atoms with Gasteiger partial charge in [0.1, 0.15) is 11.2 Å². The Labute approximate surface area is 391 Å². The first-order valence-corrected chi connectivity index (χ1v) is 23.9. The first-order valence-electron chi connectivity index (χ1n) is 23.9. The molecule has 7 heterocycles. The van der Waals surface area contributed by atoms with Crippen molar-refractivity contribution < 1.29 is 43.2 Å². The lowest BCUT2D eigenvalue weighted by Gasteiger charge is -2.58. The summed E-state index contributed by atoms with van der Waals surface area (Å²) in [6.07, 6.45) is 6.43. The summed E-state index contributed by atoms with van der Waals surface area (Å²) < 4.78 is 31.7. The van der Waals surface area contributed by atoms with E-state index in [9.17, 15) is 14.7 Å². The van der Waals surface area contributed by atoms with E-state index in [2.05, 4.69) is 57.8 Å². The van der Waals surface area contributed by atoms with E-state index in [1.165, 1.54) is 21.1 Å². The first kappa shape index (κ1) is 43.9. The number of H-pyrrole nitrogens is 1. The number of likely N-dealkylation sites (N-methyl/N-ethyl adjacent to an activating group) is 1. The van der Waals surface area contributed by atoms with Crippen LogP contribution in [0, 0.1) is 23.2 Å². The van der Waals surface area contributed by atoms with Crippen molar-refractivity contribution in [2.75, 3.05) is 66.0 Å². The largest absolute Gasteiger partial charge is 0.496 e. The number of aromatic amines is 1. The summed E-state index contributed by atoms with van der Waals surface area (Å²) in [6.45, 7) is 8.76. The monoisotopic (exact) mass is 908 g/mol. The normalized spacial score (nSPS) is 35.3. The molecule has 1 saturated carbocycles. The molecule has 3 saturated heterocycles. The van der Waals surface area contributed by atoms with Crippen molar-refractivity contribution in [2.45, 2.75) is 99.2 Å². The number of aromatic nitrogens is 1. The zero-order valence-corrected chi connectivity index (χ0v) is 39.5. The van der Waals surface area contributed by atoms with Crippen LogP contribution in [-0.2, 0) is 50.6 Å². The summed E-state index contributed by atoms with van der Waals surface area (Å²) in [4.78, 5) is 54.2. The molecule has 2 N–H and O–H groups in total. The number of fused-ring (bicyclic) bond motifs is 6. The molecule has 1 aliphatic carbocycles. The van der Waals surface area contributed by atoms with Gasteiger partial charge in [-0.2, -0.15) is 0 Å². The van der Waals surface area contributed by atoms with Crippen LogP contribution in [0.5, 0.6) is 5.75 Å². The number of hydrogen-bond acceptors (Lipinski definition) is 12. The Morgan fingerprint density at radius 1 is 0.925 bits per heavy atom. The smallest absolute Gasteiger partial charge is 0.347 e. The molecule has 6 aliphatic heterocycles. The average Bonchev–Trinajstić information content (AvgIpc) is 3.58. The number of hydrogen-bond donors (Lipinski definition) is 2. The predicted octanol–water partition coefficient (Wildman–Crippen LogP) is 5.76. The highest BCUT2D eigenvalue weighted by atomic mass is 16.7. The highest BCUT2D eigenvalue weighted by Gasteiger charge is 2.98. The van der Waals surface area contributed by atoms with Gasteiger partial charge in [0, 0.05) is 96.6 Å². The summed E-state index contributed by atoms with van der Waals surface area (Å²) in [5.41, 5.74) is -0.443. The molecule has 0 radical (unpaired) electrons. The van der Waals surface area contributed by atoms with Gasteiger partial charge in [-0.15, -0.1) is 0 Å². The maximum atomic E-state index is 15.7. The van der Waals surface area contributed by atoms with Gasteiger partial charge in [0.05, 0.1) is 32.3 Å². The lowest BCUT2D eigenvalue weighted by molar-refractivity contribution is -0.178. The van der Waals surface area contributed by atoms with E-state index >= 15 is 4.79 Å². The molecule has 13 nitrogen and oxygen atoms in total.